The Bertz CT molecular complexity index is 560. The molecule has 106 valence electrons. The van der Waals surface area contributed by atoms with Gasteiger partial charge in [-0.05, 0) is 41.8 Å². The zero-order valence-corrected chi connectivity index (χ0v) is 11.5. The van der Waals surface area contributed by atoms with Crippen molar-refractivity contribution in [1.82, 2.24) is 0 Å². The quantitative estimate of drug-likeness (QED) is 0.508. The van der Waals surface area contributed by atoms with E-state index in [9.17, 15) is 10.2 Å². The highest BCUT2D eigenvalue weighted by molar-refractivity contribution is 5.57. The highest BCUT2D eigenvalue weighted by Crippen LogP contribution is 2.35. The first-order valence-corrected chi connectivity index (χ1v) is 6.69. The molecule has 0 fully saturated rings. The van der Waals surface area contributed by atoms with Gasteiger partial charge in [-0.3, -0.25) is 0 Å². The van der Waals surface area contributed by atoms with Crippen molar-refractivity contribution in [2.24, 2.45) is 0 Å². The van der Waals surface area contributed by atoms with Crippen LogP contribution >= 0.6 is 0 Å². The molecule has 20 heavy (non-hydrogen) atoms. The molecular weight excluding hydrogens is 252 g/mol. The van der Waals surface area contributed by atoms with Crippen LogP contribution in [0, 0.1) is 0 Å². The number of phenolic OH excluding ortho intramolecular Hbond substituents is 2. The summed E-state index contributed by atoms with van der Waals surface area (Å²) in [6, 6.07) is 10.5. The molecule has 2 aromatic carbocycles. The predicted molar refractivity (Wildman–Crippen MR) is 81.8 cm³/mol. The highest BCUT2D eigenvalue weighted by Gasteiger charge is 2.15. The van der Waals surface area contributed by atoms with E-state index in [-0.39, 0.29) is 17.4 Å². The molecular formula is C16H20N2O2. The highest BCUT2D eigenvalue weighted by atomic mass is 16.3. The summed E-state index contributed by atoms with van der Waals surface area (Å²) in [6.45, 7) is 2.11. The van der Waals surface area contributed by atoms with E-state index in [4.69, 9.17) is 11.5 Å². The lowest BCUT2D eigenvalue weighted by atomic mass is 9.87. The van der Waals surface area contributed by atoms with Gasteiger partial charge in [0.2, 0.25) is 0 Å². The molecule has 0 saturated carbocycles. The molecule has 0 aliphatic carbocycles. The van der Waals surface area contributed by atoms with Crippen molar-refractivity contribution in [3.05, 3.63) is 47.5 Å². The monoisotopic (exact) mass is 272 g/mol. The van der Waals surface area contributed by atoms with Gasteiger partial charge in [-0.25, -0.2) is 0 Å². The SMILES string of the molecule is CCCC(c1ccc(O)c(N)c1)c1ccc(O)c(N)c1. The third kappa shape index (κ3) is 2.79. The normalized spacial score (nSPS) is 10.9. The number of nitrogen functional groups attached to an aromatic ring is 2. The van der Waals surface area contributed by atoms with E-state index < -0.39 is 0 Å². The molecule has 2 rings (SSSR count). The summed E-state index contributed by atoms with van der Waals surface area (Å²) in [5.74, 6) is 0.328. The third-order valence-electron chi connectivity index (χ3n) is 3.49. The van der Waals surface area contributed by atoms with Crippen LogP contribution < -0.4 is 11.5 Å². The number of anilines is 2. The van der Waals surface area contributed by atoms with Gasteiger partial charge in [0.15, 0.2) is 0 Å². The van der Waals surface area contributed by atoms with E-state index in [1.54, 1.807) is 24.3 Å². The van der Waals surface area contributed by atoms with E-state index in [0.717, 1.165) is 24.0 Å². The average Bonchev–Trinajstić information content (AvgIpc) is 2.43. The first kappa shape index (κ1) is 14.1. The van der Waals surface area contributed by atoms with E-state index in [1.165, 1.54) is 0 Å². The number of benzene rings is 2. The lowest BCUT2D eigenvalue weighted by Gasteiger charge is -2.19. The van der Waals surface area contributed by atoms with Crippen LogP contribution in [-0.4, -0.2) is 10.2 Å². The Balaban J connectivity index is 2.44. The predicted octanol–water partition coefficient (Wildman–Crippen LogP) is 3.19. The molecule has 4 nitrogen and oxygen atoms in total. The van der Waals surface area contributed by atoms with Gasteiger partial charge >= 0.3 is 0 Å². The molecule has 0 bridgehead atoms. The fourth-order valence-electron chi connectivity index (χ4n) is 2.39. The van der Waals surface area contributed by atoms with Crippen LogP contribution in [0.15, 0.2) is 36.4 Å². The molecule has 0 atom stereocenters. The van der Waals surface area contributed by atoms with Gasteiger partial charge in [-0.1, -0.05) is 25.5 Å². The van der Waals surface area contributed by atoms with Crippen molar-refractivity contribution < 1.29 is 10.2 Å². The molecule has 0 radical (unpaired) electrons. The fraction of sp³-hybridized carbons (Fsp3) is 0.250. The summed E-state index contributed by atoms with van der Waals surface area (Å²) < 4.78 is 0. The van der Waals surface area contributed by atoms with Crippen LogP contribution in [0.2, 0.25) is 0 Å². The van der Waals surface area contributed by atoms with E-state index >= 15 is 0 Å². The minimum atomic E-state index is 0.0919. The molecule has 0 heterocycles. The van der Waals surface area contributed by atoms with Crippen molar-refractivity contribution in [3.8, 4) is 11.5 Å². The fourth-order valence-corrected chi connectivity index (χ4v) is 2.39. The second-order valence-corrected chi connectivity index (χ2v) is 4.98. The summed E-state index contributed by atoms with van der Waals surface area (Å²) in [5.41, 5.74) is 14.4. The number of hydrogen-bond acceptors (Lipinski definition) is 4. The maximum absolute atomic E-state index is 9.53. The standard InChI is InChI=1S/C16H20N2O2/c1-2-3-12(10-4-6-15(19)13(17)8-10)11-5-7-16(20)14(18)9-11/h4-9,12,19-20H,2-3,17-18H2,1H3. The van der Waals surface area contributed by atoms with Crippen molar-refractivity contribution in [2.75, 3.05) is 11.5 Å². The zero-order valence-electron chi connectivity index (χ0n) is 11.5. The van der Waals surface area contributed by atoms with Gasteiger partial charge in [-0.2, -0.15) is 0 Å². The van der Waals surface area contributed by atoms with E-state index in [0.29, 0.717) is 11.4 Å². The maximum Gasteiger partial charge on any atom is 0.138 e. The number of aromatic hydroxyl groups is 2. The van der Waals surface area contributed by atoms with E-state index in [2.05, 4.69) is 6.92 Å². The Kier molecular flexibility index (Phi) is 4.03. The van der Waals surface area contributed by atoms with Gasteiger partial charge in [0.25, 0.3) is 0 Å². The lowest BCUT2D eigenvalue weighted by molar-refractivity contribution is 0.477. The number of phenols is 2. The van der Waals surface area contributed by atoms with Gasteiger partial charge in [-0.15, -0.1) is 0 Å². The summed E-state index contributed by atoms with van der Waals surface area (Å²) in [5, 5.41) is 19.1. The first-order chi connectivity index (χ1) is 9.52. The minimum absolute atomic E-state index is 0.0919. The number of nitrogens with two attached hydrogens (primary N) is 2. The van der Waals surface area contributed by atoms with Crippen molar-refractivity contribution >= 4 is 11.4 Å². The third-order valence-corrected chi connectivity index (χ3v) is 3.49. The van der Waals surface area contributed by atoms with Gasteiger partial charge < -0.3 is 21.7 Å². The molecule has 0 saturated heterocycles. The van der Waals surface area contributed by atoms with Crippen LogP contribution in [-0.2, 0) is 0 Å². The first-order valence-electron chi connectivity index (χ1n) is 6.69. The van der Waals surface area contributed by atoms with Crippen LogP contribution in [0.1, 0.15) is 36.8 Å². The maximum atomic E-state index is 9.53. The molecule has 0 unspecified atom stereocenters. The molecule has 0 spiro atoms. The smallest absolute Gasteiger partial charge is 0.138 e. The molecule has 0 aliphatic heterocycles. The molecule has 6 N–H and O–H groups in total. The molecule has 2 aromatic rings. The summed E-state index contributed by atoms with van der Waals surface area (Å²) >= 11 is 0. The molecule has 4 heteroatoms. The largest absolute Gasteiger partial charge is 0.506 e. The van der Waals surface area contributed by atoms with Crippen molar-refractivity contribution in [2.45, 2.75) is 25.7 Å². The molecule has 0 aromatic heterocycles. The van der Waals surface area contributed by atoms with Gasteiger partial charge in [0.1, 0.15) is 11.5 Å². The Morgan fingerprint density at radius 1 is 0.900 bits per heavy atom. The summed E-state index contributed by atoms with van der Waals surface area (Å²) in [6.07, 6.45) is 1.95. The average molecular weight is 272 g/mol. The van der Waals surface area contributed by atoms with Crippen LogP contribution in [0.5, 0.6) is 11.5 Å². The molecule has 0 aliphatic rings. The summed E-state index contributed by atoms with van der Waals surface area (Å²) in [4.78, 5) is 0. The minimum Gasteiger partial charge on any atom is -0.506 e. The van der Waals surface area contributed by atoms with Gasteiger partial charge in [0, 0.05) is 5.92 Å². The Morgan fingerprint density at radius 2 is 1.35 bits per heavy atom. The molecule has 0 amide bonds. The Labute approximate surface area is 118 Å². The number of rotatable bonds is 4. The van der Waals surface area contributed by atoms with E-state index in [1.807, 2.05) is 12.1 Å². The summed E-state index contributed by atoms with van der Waals surface area (Å²) in [7, 11) is 0. The topological polar surface area (TPSA) is 92.5 Å². The van der Waals surface area contributed by atoms with Gasteiger partial charge in [0.05, 0.1) is 11.4 Å². The lowest BCUT2D eigenvalue weighted by Crippen LogP contribution is -2.03. The van der Waals surface area contributed by atoms with Crippen molar-refractivity contribution in [1.29, 1.82) is 0 Å². The Hall–Kier alpha value is -2.36. The van der Waals surface area contributed by atoms with Crippen LogP contribution in [0.4, 0.5) is 11.4 Å². The number of hydrogen-bond donors (Lipinski definition) is 4. The second-order valence-electron chi connectivity index (χ2n) is 4.98. The van der Waals surface area contributed by atoms with Crippen LogP contribution in [0.25, 0.3) is 0 Å². The Morgan fingerprint density at radius 3 is 1.70 bits per heavy atom. The second kappa shape index (κ2) is 5.74. The zero-order chi connectivity index (χ0) is 14.7. The van der Waals surface area contributed by atoms with Crippen LogP contribution in [0.3, 0.4) is 0 Å². The van der Waals surface area contributed by atoms with Crippen molar-refractivity contribution in [3.63, 3.8) is 0 Å².